The van der Waals surface area contributed by atoms with E-state index in [4.69, 9.17) is 9.47 Å². The number of piperazine rings is 1. The molecule has 0 radical (unpaired) electrons. The van der Waals surface area contributed by atoms with Crippen molar-refractivity contribution in [2.75, 3.05) is 53.0 Å². The van der Waals surface area contributed by atoms with Crippen LogP contribution in [0.1, 0.15) is 32.1 Å². The lowest BCUT2D eigenvalue weighted by atomic mass is 9.94. The number of fused-ring (bicyclic) bond motifs is 1. The third-order valence-corrected chi connectivity index (χ3v) is 6.45. The summed E-state index contributed by atoms with van der Waals surface area (Å²) in [5.41, 5.74) is 0. The Labute approximate surface area is 166 Å². The van der Waals surface area contributed by atoms with Crippen molar-refractivity contribution in [2.24, 2.45) is 5.92 Å². The highest BCUT2D eigenvalue weighted by Gasteiger charge is 2.43. The molecule has 2 amide bonds. The maximum absolute atomic E-state index is 12.8. The Morgan fingerprint density at radius 2 is 1.79 bits per heavy atom. The van der Waals surface area contributed by atoms with Gasteiger partial charge in [-0.15, -0.1) is 0 Å². The SMILES string of the molecule is CN1CCN(C(=O)C[C@@H]2CC[C@@H]3[C@H](COC[C@@H](O)CN3C(=O)C3CC3)O2)CC1. The molecular formula is C20H33N3O5. The van der Waals surface area contributed by atoms with Gasteiger partial charge in [0.15, 0.2) is 0 Å². The number of hydrogen-bond donors (Lipinski definition) is 1. The number of β-amino-alcohol motifs (C(OH)–C–C–N with tert-alkyl or cyclic N) is 1. The highest BCUT2D eigenvalue weighted by molar-refractivity contribution is 5.81. The largest absolute Gasteiger partial charge is 0.389 e. The number of likely N-dealkylation sites (N-methyl/N-ethyl adjacent to an activating group) is 1. The van der Waals surface area contributed by atoms with E-state index in [0.717, 1.165) is 51.9 Å². The van der Waals surface area contributed by atoms with Crippen LogP contribution in [0.4, 0.5) is 0 Å². The summed E-state index contributed by atoms with van der Waals surface area (Å²) in [6.45, 7) is 4.26. The van der Waals surface area contributed by atoms with Crippen molar-refractivity contribution >= 4 is 11.8 Å². The predicted octanol–water partition coefficient (Wildman–Crippen LogP) is -0.304. The zero-order chi connectivity index (χ0) is 19.7. The van der Waals surface area contributed by atoms with Crippen molar-refractivity contribution in [3.05, 3.63) is 0 Å². The predicted molar refractivity (Wildman–Crippen MR) is 102 cm³/mol. The summed E-state index contributed by atoms with van der Waals surface area (Å²) in [6, 6.07) is -0.0713. The second-order valence-corrected chi connectivity index (χ2v) is 8.79. The lowest BCUT2D eigenvalue weighted by Gasteiger charge is -2.45. The molecule has 1 aliphatic carbocycles. The lowest BCUT2D eigenvalue weighted by Crippen LogP contribution is -2.58. The molecule has 8 heteroatoms. The molecule has 0 spiro atoms. The van der Waals surface area contributed by atoms with Crippen molar-refractivity contribution in [3.63, 3.8) is 0 Å². The van der Waals surface area contributed by atoms with Gasteiger partial charge in [0.1, 0.15) is 6.10 Å². The molecule has 4 rings (SSSR count). The molecule has 3 aliphatic heterocycles. The van der Waals surface area contributed by atoms with E-state index in [0.29, 0.717) is 19.6 Å². The monoisotopic (exact) mass is 395 g/mol. The van der Waals surface area contributed by atoms with Gasteiger partial charge in [0.05, 0.1) is 37.9 Å². The highest BCUT2D eigenvalue weighted by atomic mass is 16.5. The van der Waals surface area contributed by atoms with Gasteiger partial charge in [-0.2, -0.15) is 0 Å². The Morgan fingerprint density at radius 1 is 1.04 bits per heavy atom. The number of rotatable bonds is 3. The first-order valence-electron chi connectivity index (χ1n) is 10.7. The van der Waals surface area contributed by atoms with Crippen molar-refractivity contribution < 1.29 is 24.2 Å². The standard InChI is InChI=1S/C20H33N3O5/c1-21-6-8-22(9-7-21)19(25)10-16-4-5-17-18(28-16)13-27-12-15(24)11-23(17)20(26)14-2-3-14/h14-18,24H,2-13H2,1H3/t15-,16-,17+,18-/m0/s1. The van der Waals surface area contributed by atoms with Crippen LogP contribution in [0, 0.1) is 5.92 Å². The number of nitrogens with zero attached hydrogens (tertiary/aromatic N) is 3. The summed E-state index contributed by atoms with van der Waals surface area (Å²) in [6.07, 6.45) is 2.83. The molecule has 28 heavy (non-hydrogen) atoms. The van der Waals surface area contributed by atoms with Crippen LogP contribution >= 0.6 is 0 Å². The van der Waals surface area contributed by atoms with E-state index < -0.39 is 6.10 Å². The molecule has 4 aliphatic rings. The summed E-state index contributed by atoms with van der Waals surface area (Å²) < 4.78 is 11.9. The fourth-order valence-corrected chi connectivity index (χ4v) is 4.54. The summed E-state index contributed by atoms with van der Waals surface area (Å²) >= 11 is 0. The van der Waals surface area contributed by atoms with Gasteiger partial charge in [0.25, 0.3) is 0 Å². The molecule has 1 saturated carbocycles. The molecule has 0 aromatic rings. The maximum atomic E-state index is 12.8. The van der Waals surface area contributed by atoms with Crippen molar-refractivity contribution in [1.29, 1.82) is 0 Å². The highest BCUT2D eigenvalue weighted by Crippen LogP contribution is 2.35. The first-order chi connectivity index (χ1) is 13.5. The summed E-state index contributed by atoms with van der Waals surface area (Å²) in [5, 5.41) is 10.1. The van der Waals surface area contributed by atoms with Gasteiger partial charge < -0.3 is 29.3 Å². The van der Waals surface area contributed by atoms with E-state index >= 15 is 0 Å². The minimum Gasteiger partial charge on any atom is -0.389 e. The minimum absolute atomic E-state index is 0.0713. The van der Waals surface area contributed by atoms with Crippen LogP contribution in [0.5, 0.6) is 0 Å². The topological polar surface area (TPSA) is 82.6 Å². The van der Waals surface area contributed by atoms with E-state index in [-0.39, 0.29) is 42.6 Å². The first-order valence-corrected chi connectivity index (χ1v) is 10.7. The van der Waals surface area contributed by atoms with E-state index in [9.17, 15) is 14.7 Å². The Hall–Kier alpha value is -1.22. The van der Waals surface area contributed by atoms with E-state index in [2.05, 4.69) is 11.9 Å². The molecule has 1 N–H and O–H groups in total. The Balaban J connectivity index is 1.36. The fourth-order valence-electron chi connectivity index (χ4n) is 4.54. The molecule has 4 atom stereocenters. The first kappa shape index (κ1) is 20.1. The van der Waals surface area contributed by atoms with Crippen molar-refractivity contribution in [1.82, 2.24) is 14.7 Å². The smallest absolute Gasteiger partial charge is 0.226 e. The van der Waals surface area contributed by atoms with Gasteiger partial charge in [0.2, 0.25) is 11.8 Å². The second kappa shape index (κ2) is 8.65. The number of aliphatic hydroxyl groups is 1. The number of hydrogen-bond acceptors (Lipinski definition) is 6. The average Bonchev–Trinajstić information content (AvgIpc) is 3.50. The van der Waals surface area contributed by atoms with E-state index in [1.54, 1.807) is 0 Å². The van der Waals surface area contributed by atoms with E-state index in [1.165, 1.54) is 0 Å². The molecule has 0 bridgehead atoms. The van der Waals surface area contributed by atoms with Crippen LogP contribution < -0.4 is 0 Å². The van der Waals surface area contributed by atoms with Crippen LogP contribution in [0.2, 0.25) is 0 Å². The maximum Gasteiger partial charge on any atom is 0.226 e. The summed E-state index contributed by atoms with van der Waals surface area (Å²) in [5.74, 6) is 0.417. The Morgan fingerprint density at radius 3 is 2.50 bits per heavy atom. The quantitative estimate of drug-likeness (QED) is 0.706. The van der Waals surface area contributed by atoms with Gasteiger partial charge in [-0.1, -0.05) is 0 Å². The molecule has 158 valence electrons. The molecule has 3 heterocycles. The van der Waals surface area contributed by atoms with Crippen LogP contribution in [-0.2, 0) is 19.1 Å². The molecule has 4 fully saturated rings. The van der Waals surface area contributed by atoms with Crippen LogP contribution in [0.3, 0.4) is 0 Å². The Kier molecular flexibility index (Phi) is 6.20. The third kappa shape index (κ3) is 4.67. The van der Waals surface area contributed by atoms with Crippen LogP contribution in [-0.4, -0.2) is 109 Å². The van der Waals surface area contributed by atoms with Crippen LogP contribution in [0.25, 0.3) is 0 Å². The van der Waals surface area contributed by atoms with Crippen molar-refractivity contribution in [2.45, 2.75) is 56.5 Å². The molecule has 0 aromatic heterocycles. The summed E-state index contributed by atoms with van der Waals surface area (Å²) in [7, 11) is 2.08. The Bertz CT molecular complexity index is 576. The number of carbonyl (C=O) groups is 2. The van der Waals surface area contributed by atoms with Crippen LogP contribution in [0.15, 0.2) is 0 Å². The zero-order valence-electron chi connectivity index (χ0n) is 16.8. The lowest BCUT2D eigenvalue weighted by molar-refractivity contribution is -0.171. The zero-order valence-corrected chi connectivity index (χ0v) is 16.8. The number of amides is 2. The van der Waals surface area contributed by atoms with Gasteiger partial charge in [-0.3, -0.25) is 9.59 Å². The number of aliphatic hydroxyl groups excluding tert-OH is 1. The number of ether oxygens (including phenoxy) is 2. The molecule has 3 saturated heterocycles. The van der Waals surface area contributed by atoms with Gasteiger partial charge in [0, 0.05) is 38.6 Å². The molecular weight excluding hydrogens is 362 g/mol. The molecule has 0 aromatic carbocycles. The normalized spacial score (nSPS) is 35.1. The summed E-state index contributed by atoms with van der Waals surface area (Å²) in [4.78, 5) is 31.4. The molecule has 8 nitrogen and oxygen atoms in total. The second-order valence-electron chi connectivity index (χ2n) is 8.79. The molecule has 0 unspecified atom stereocenters. The third-order valence-electron chi connectivity index (χ3n) is 6.45. The minimum atomic E-state index is -0.653. The van der Waals surface area contributed by atoms with Gasteiger partial charge in [-0.25, -0.2) is 0 Å². The average molecular weight is 396 g/mol. The number of carbonyl (C=O) groups excluding carboxylic acids is 2. The van der Waals surface area contributed by atoms with Gasteiger partial charge in [-0.05, 0) is 32.7 Å². The van der Waals surface area contributed by atoms with Gasteiger partial charge >= 0.3 is 0 Å². The van der Waals surface area contributed by atoms with E-state index in [1.807, 2.05) is 9.80 Å². The fraction of sp³-hybridized carbons (Fsp3) is 0.900. The van der Waals surface area contributed by atoms with Crippen molar-refractivity contribution in [3.8, 4) is 0 Å².